The Kier molecular flexibility index (Phi) is 7.26. The third-order valence-electron chi connectivity index (χ3n) is 4.78. The monoisotopic (exact) mass is 460 g/mol. The van der Waals surface area contributed by atoms with Crippen LogP contribution < -0.4 is 14.8 Å². The molecule has 168 valence electrons. The fraction of sp³-hybridized carbons (Fsp3) is 0.160. The zero-order valence-electron chi connectivity index (χ0n) is 18.4. The highest BCUT2D eigenvalue weighted by Crippen LogP contribution is 2.25. The minimum Gasteiger partial charge on any atom is -0.497 e. The molecule has 3 aromatic carbocycles. The lowest BCUT2D eigenvalue weighted by Crippen LogP contribution is -2.15. The lowest BCUT2D eigenvalue weighted by atomic mass is 10.2. The second-order valence-corrected chi connectivity index (χ2v) is 8.18. The molecule has 0 bridgehead atoms. The molecule has 33 heavy (non-hydrogen) atoms. The highest BCUT2D eigenvalue weighted by Gasteiger charge is 2.17. The number of thioether (sulfide) groups is 1. The van der Waals surface area contributed by atoms with Crippen LogP contribution in [0.3, 0.4) is 0 Å². The van der Waals surface area contributed by atoms with Gasteiger partial charge in [-0.2, -0.15) is 0 Å². The average molecular weight is 461 g/mol. The van der Waals surface area contributed by atoms with Gasteiger partial charge in [0, 0.05) is 11.4 Å². The number of carbonyl (C=O) groups is 1. The number of aryl methyl sites for hydroxylation is 1. The standard InChI is InChI=1S/C25H24N4O3S/c1-18-7-6-8-19(15-18)26-24(30)17-33-25-28-27-23(16-32-22-9-4-3-5-10-22)29(25)20-11-13-21(31-2)14-12-20/h3-15H,16-17H2,1-2H3,(H,26,30). The number of ether oxygens (including phenoxy) is 2. The van der Waals surface area contributed by atoms with Crippen molar-refractivity contribution in [2.24, 2.45) is 0 Å². The van der Waals surface area contributed by atoms with Crippen molar-refractivity contribution in [3.63, 3.8) is 0 Å². The van der Waals surface area contributed by atoms with Crippen molar-refractivity contribution in [2.75, 3.05) is 18.2 Å². The number of hydrogen-bond donors (Lipinski definition) is 1. The Morgan fingerprint density at radius 1 is 0.970 bits per heavy atom. The third kappa shape index (κ3) is 5.93. The Balaban J connectivity index is 1.52. The molecule has 0 saturated heterocycles. The Bertz CT molecular complexity index is 1210. The van der Waals surface area contributed by atoms with E-state index in [0.29, 0.717) is 11.0 Å². The van der Waals surface area contributed by atoms with E-state index in [1.807, 2.05) is 90.4 Å². The van der Waals surface area contributed by atoms with Gasteiger partial charge in [0.05, 0.1) is 12.9 Å². The average Bonchev–Trinajstić information content (AvgIpc) is 3.25. The molecule has 8 heteroatoms. The predicted octanol–water partition coefficient (Wildman–Crippen LogP) is 4.89. The van der Waals surface area contributed by atoms with Crippen molar-refractivity contribution >= 4 is 23.4 Å². The van der Waals surface area contributed by atoms with Gasteiger partial charge in [-0.1, -0.05) is 42.1 Å². The maximum absolute atomic E-state index is 12.5. The smallest absolute Gasteiger partial charge is 0.234 e. The number of nitrogens with one attached hydrogen (secondary N) is 1. The first-order chi connectivity index (χ1) is 16.1. The number of methoxy groups -OCH3 is 1. The van der Waals surface area contributed by atoms with Crippen LogP contribution in [0.25, 0.3) is 5.69 Å². The predicted molar refractivity (Wildman–Crippen MR) is 129 cm³/mol. The second kappa shape index (κ2) is 10.7. The number of anilines is 1. The molecule has 0 fully saturated rings. The molecule has 1 heterocycles. The summed E-state index contributed by atoms with van der Waals surface area (Å²) in [5, 5.41) is 12.2. The molecule has 0 atom stereocenters. The number of hydrogen-bond acceptors (Lipinski definition) is 6. The van der Waals surface area contributed by atoms with Crippen molar-refractivity contribution in [3.8, 4) is 17.2 Å². The molecule has 0 saturated carbocycles. The van der Waals surface area contributed by atoms with Gasteiger partial charge in [-0.05, 0) is 61.0 Å². The molecule has 0 aliphatic rings. The largest absolute Gasteiger partial charge is 0.497 e. The molecule has 0 spiro atoms. The van der Waals surface area contributed by atoms with Crippen LogP contribution in [0.5, 0.6) is 11.5 Å². The van der Waals surface area contributed by atoms with Crippen molar-refractivity contribution in [1.82, 2.24) is 14.8 Å². The van der Waals surface area contributed by atoms with E-state index >= 15 is 0 Å². The molecule has 1 aromatic heterocycles. The van der Waals surface area contributed by atoms with Gasteiger partial charge in [-0.15, -0.1) is 10.2 Å². The lowest BCUT2D eigenvalue weighted by molar-refractivity contribution is -0.113. The van der Waals surface area contributed by atoms with Crippen LogP contribution in [0.1, 0.15) is 11.4 Å². The van der Waals surface area contributed by atoms with Gasteiger partial charge in [0.2, 0.25) is 5.91 Å². The first-order valence-corrected chi connectivity index (χ1v) is 11.4. The van der Waals surface area contributed by atoms with Crippen LogP contribution in [0.4, 0.5) is 5.69 Å². The molecule has 7 nitrogen and oxygen atoms in total. The summed E-state index contributed by atoms with van der Waals surface area (Å²) in [6.07, 6.45) is 0. The number of aromatic nitrogens is 3. The van der Waals surface area contributed by atoms with Crippen LogP contribution in [0.2, 0.25) is 0 Å². The van der Waals surface area contributed by atoms with Crippen LogP contribution >= 0.6 is 11.8 Å². The Morgan fingerprint density at radius 3 is 2.48 bits per heavy atom. The fourth-order valence-corrected chi connectivity index (χ4v) is 3.96. The normalized spacial score (nSPS) is 10.6. The quantitative estimate of drug-likeness (QED) is 0.358. The van der Waals surface area contributed by atoms with E-state index in [2.05, 4.69) is 15.5 Å². The molecule has 1 amide bonds. The van der Waals surface area contributed by atoms with Crippen molar-refractivity contribution in [2.45, 2.75) is 18.7 Å². The topological polar surface area (TPSA) is 78.3 Å². The molecule has 4 rings (SSSR count). The maximum Gasteiger partial charge on any atom is 0.234 e. The van der Waals surface area contributed by atoms with E-state index in [1.54, 1.807) is 7.11 Å². The van der Waals surface area contributed by atoms with Crippen molar-refractivity contribution in [1.29, 1.82) is 0 Å². The summed E-state index contributed by atoms with van der Waals surface area (Å²) >= 11 is 1.32. The summed E-state index contributed by atoms with van der Waals surface area (Å²) in [4.78, 5) is 12.5. The van der Waals surface area contributed by atoms with Crippen molar-refractivity contribution < 1.29 is 14.3 Å². The zero-order chi connectivity index (χ0) is 23.0. The van der Waals surface area contributed by atoms with E-state index in [-0.39, 0.29) is 18.3 Å². The first-order valence-electron chi connectivity index (χ1n) is 10.4. The van der Waals surface area contributed by atoms with E-state index in [4.69, 9.17) is 9.47 Å². The molecule has 0 aliphatic heterocycles. The first kappa shape index (κ1) is 22.4. The van der Waals surface area contributed by atoms with Crippen LogP contribution in [-0.4, -0.2) is 33.5 Å². The van der Waals surface area contributed by atoms with Gasteiger partial charge in [-0.3, -0.25) is 9.36 Å². The highest BCUT2D eigenvalue weighted by molar-refractivity contribution is 7.99. The van der Waals surface area contributed by atoms with E-state index in [9.17, 15) is 4.79 Å². The van der Waals surface area contributed by atoms with Gasteiger partial charge in [0.15, 0.2) is 11.0 Å². The van der Waals surface area contributed by atoms with Crippen molar-refractivity contribution in [3.05, 3.63) is 90.3 Å². The molecule has 1 N–H and O–H groups in total. The number of benzene rings is 3. The fourth-order valence-electron chi connectivity index (χ4n) is 3.19. The van der Waals surface area contributed by atoms with E-state index in [0.717, 1.165) is 28.4 Å². The number of carbonyl (C=O) groups excluding carboxylic acids is 1. The SMILES string of the molecule is COc1ccc(-n2c(COc3ccccc3)nnc2SCC(=O)Nc2cccc(C)c2)cc1. The molecule has 0 unspecified atom stereocenters. The third-order valence-corrected chi connectivity index (χ3v) is 5.71. The van der Waals surface area contributed by atoms with Gasteiger partial charge in [-0.25, -0.2) is 0 Å². The van der Waals surface area contributed by atoms with Gasteiger partial charge < -0.3 is 14.8 Å². The summed E-state index contributed by atoms with van der Waals surface area (Å²) in [6.45, 7) is 2.22. The zero-order valence-corrected chi connectivity index (χ0v) is 19.2. The van der Waals surface area contributed by atoms with Gasteiger partial charge in [0.25, 0.3) is 0 Å². The van der Waals surface area contributed by atoms with Crippen LogP contribution in [0, 0.1) is 6.92 Å². The van der Waals surface area contributed by atoms with Gasteiger partial charge in [0.1, 0.15) is 18.1 Å². The molecular weight excluding hydrogens is 436 g/mol. The molecule has 0 aliphatic carbocycles. The lowest BCUT2D eigenvalue weighted by Gasteiger charge is -2.12. The summed E-state index contributed by atoms with van der Waals surface area (Å²) in [6, 6.07) is 24.8. The Hall–Kier alpha value is -3.78. The van der Waals surface area contributed by atoms with E-state index in [1.165, 1.54) is 11.8 Å². The second-order valence-electron chi connectivity index (χ2n) is 7.24. The summed E-state index contributed by atoms with van der Waals surface area (Å²) in [7, 11) is 1.63. The number of rotatable bonds is 9. The summed E-state index contributed by atoms with van der Waals surface area (Å²) in [5.41, 5.74) is 2.71. The minimum atomic E-state index is -0.114. The number of nitrogens with zero attached hydrogens (tertiary/aromatic N) is 3. The number of para-hydroxylation sites is 1. The van der Waals surface area contributed by atoms with Gasteiger partial charge >= 0.3 is 0 Å². The minimum absolute atomic E-state index is 0.114. The number of amides is 1. The highest BCUT2D eigenvalue weighted by atomic mass is 32.2. The molecular formula is C25H24N4O3S. The maximum atomic E-state index is 12.5. The summed E-state index contributed by atoms with van der Waals surface area (Å²) in [5.74, 6) is 2.21. The Labute approximate surface area is 196 Å². The van der Waals surface area contributed by atoms with Crippen LogP contribution in [0.15, 0.2) is 84.0 Å². The molecule has 0 radical (unpaired) electrons. The van der Waals surface area contributed by atoms with E-state index < -0.39 is 0 Å². The molecule has 4 aromatic rings. The van der Waals surface area contributed by atoms with Crippen LogP contribution in [-0.2, 0) is 11.4 Å². The summed E-state index contributed by atoms with van der Waals surface area (Å²) < 4.78 is 13.1. The Morgan fingerprint density at radius 2 is 1.76 bits per heavy atom.